The smallest absolute Gasteiger partial charge is 0.145 e. The first-order valence-electron chi connectivity index (χ1n) is 5.40. The number of nitrogen functional groups attached to an aromatic ring is 1. The molecule has 2 aromatic heterocycles. The molecule has 0 radical (unpaired) electrons. The van der Waals surface area contributed by atoms with Crippen LogP contribution in [0.3, 0.4) is 0 Å². The molecule has 0 fully saturated rings. The molecule has 86 valence electrons. The van der Waals surface area contributed by atoms with Crippen molar-refractivity contribution in [2.45, 2.75) is 6.92 Å². The van der Waals surface area contributed by atoms with Crippen LogP contribution in [0.25, 0.3) is 16.7 Å². The summed E-state index contributed by atoms with van der Waals surface area (Å²) in [5.41, 5.74) is 8.66. The van der Waals surface area contributed by atoms with Crippen molar-refractivity contribution in [3.05, 3.63) is 36.3 Å². The molecule has 0 unspecified atom stereocenters. The highest BCUT2D eigenvalue weighted by atomic mass is 15.3. The van der Waals surface area contributed by atoms with Gasteiger partial charge in [0.15, 0.2) is 0 Å². The van der Waals surface area contributed by atoms with Gasteiger partial charge in [-0.2, -0.15) is 5.10 Å². The number of benzene rings is 1. The van der Waals surface area contributed by atoms with Crippen molar-refractivity contribution in [3.8, 4) is 5.69 Å². The Labute approximate surface area is 98.5 Å². The topological polar surface area (TPSA) is 61.7 Å². The fourth-order valence-corrected chi connectivity index (χ4v) is 1.93. The first-order chi connectivity index (χ1) is 8.15. The monoisotopic (exact) mass is 227 g/mol. The largest absolute Gasteiger partial charge is 0.382 e. The molecule has 0 amide bonds. The number of hydrogen-bond donors (Lipinski definition) is 1. The number of nitrogens with zero attached hydrogens (tertiary/aromatic N) is 4. The predicted molar refractivity (Wildman–Crippen MR) is 67.0 cm³/mol. The second kappa shape index (κ2) is 3.35. The van der Waals surface area contributed by atoms with E-state index in [0.717, 1.165) is 22.5 Å². The fraction of sp³-hybridized carbons (Fsp3) is 0.167. The Bertz CT molecular complexity index is 692. The zero-order valence-corrected chi connectivity index (χ0v) is 9.75. The third kappa shape index (κ3) is 1.47. The molecule has 0 aliphatic rings. The molecule has 0 atom stereocenters. The van der Waals surface area contributed by atoms with Crippen LogP contribution in [0, 0.1) is 6.92 Å². The predicted octanol–water partition coefficient (Wildman–Crippen LogP) is 1.65. The number of hydrogen-bond acceptors (Lipinski definition) is 3. The van der Waals surface area contributed by atoms with Gasteiger partial charge < -0.3 is 10.3 Å². The minimum Gasteiger partial charge on any atom is -0.382 e. The molecule has 2 N–H and O–H groups in total. The molecule has 0 spiro atoms. The minimum absolute atomic E-state index is 0.516. The Morgan fingerprint density at radius 2 is 2.06 bits per heavy atom. The van der Waals surface area contributed by atoms with Crippen LogP contribution in [-0.4, -0.2) is 19.3 Å². The van der Waals surface area contributed by atoms with Gasteiger partial charge in [-0.25, -0.2) is 9.67 Å². The van der Waals surface area contributed by atoms with E-state index >= 15 is 0 Å². The average molecular weight is 227 g/mol. The van der Waals surface area contributed by atoms with E-state index in [4.69, 9.17) is 5.73 Å². The molecule has 0 aliphatic carbocycles. The molecule has 0 saturated carbocycles. The summed E-state index contributed by atoms with van der Waals surface area (Å²) in [7, 11) is 2.01. The molecule has 2 heterocycles. The van der Waals surface area contributed by atoms with E-state index < -0.39 is 0 Å². The number of fused-ring (bicyclic) bond motifs is 1. The van der Waals surface area contributed by atoms with Gasteiger partial charge >= 0.3 is 0 Å². The van der Waals surface area contributed by atoms with Crippen LogP contribution in [0.4, 0.5) is 5.82 Å². The molecule has 3 aromatic rings. The third-order valence-electron chi connectivity index (χ3n) is 2.96. The lowest BCUT2D eigenvalue weighted by Gasteiger charge is -2.01. The second-order valence-electron chi connectivity index (χ2n) is 4.08. The van der Waals surface area contributed by atoms with Gasteiger partial charge in [0.1, 0.15) is 11.6 Å². The van der Waals surface area contributed by atoms with Gasteiger partial charge in [0.25, 0.3) is 0 Å². The number of aromatic nitrogens is 4. The lowest BCUT2D eigenvalue weighted by atomic mass is 10.3. The van der Waals surface area contributed by atoms with E-state index in [-0.39, 0.29) is 0 Å². The molecule has 5 nitrogen and oxygen atoms in total. The zero-order chi connectivity index (χ0) is 12.0. The first-order valence-corrected chi connectivity index (χ1v) is 5.40. The number of anilines is 1. The van der Waals surface area contributed by atoms with Gasteiger partial charge in [0.05, 0.1) is 16.7 Å². The Balaban J connectivity index is 2.20. The molecule has 1 aromatic carbocycles. The van der Waals surface area contributed by atoms with Crippen LogP contribution in [0.15, 0.2) is 30.5 Å². The van der Waals surface area contributed by atoms with Crippen molar-refractivity contribution >= 4 is 16.9 Å². The van der Waals surface area contributed by atoms with Crippen LogP contribution in [-0.2, 0) is 7.05 Å². The molecule has 0 aliphatic heterocycles. The Kier molecular flexibility index (Phi) is 1.95. The lowest BCUT2D eigenvalue weighted by Crippen LogP contribution is -1.96. The maximum atomic E-state index is 5.61. The first kappa shape index (κ1) is 9.89. The highest BCUT2D eigenvalue weighted by Crippen LogP contribution is 2.18. The Morgan fingerprint density at radius 3 is 2.76 bits per heavy atom. The van der Waals surface area contributed by atoms with E-state index in [1.54, 1.807) is 10.7 Å². The summed E-state index contributed by atoms with van der Waals surface area (Å²) in [4.78, 5) is 4.50. The van der Waals surface area contributed by atoms with Gasteiger partial charge in [-0.15, -0.1) is 0 Å². The summed E-state index contributed by atoms with van der Waals surface area (Å²) in [6.45, 7) is 1.99. The highest BCUT2D eigenvalue weighted by molar-refractivity contribution is 5.78. The third-order valence-corrected chi connectivity index (χ3v) is 2.96. The standard InChI is InChI=1S/C12H13N5/c1-8-14-10-7-9(3-4-11(10)16(8)2)17-6-5-12(13)15-17/h3-7H,1-2H3,(H2,13,15). The quantitative estimate of drug-likeness (QED) is 0.687. The summed E-state index contributed by atoms with van der Waals surface area (Å²) in [6, 6.07) is 7.83. The molecule has 0 bridgehead atoms. The van der Waals surface area contributed by atoms with Crippen LogP contribution >= 0.6 is 0 Å². The van der Waals surface area contributed by atoms with Crippen molar-refractivity contribution < 1.29 is 0 Å². The van der Waals surface area contributed by atoms with Crippen LogP contribution in [0.5, 0.6) is 0 Å². The van der Waals surface area contributed by atoms with E-state index in [1.807, 2.05) is 38.4 Å². The molecular formula is C12H13N5. The number of imidazole rings is 1. The van der Waals surface area contributed by atoms with Crippen molar-refractivity contribution in [2.75, 3.05) is 5.73 Å². The minimum atomic E-state index is 0.516. The second-order valence-corrected chi connectivity index (χ2v) is 4.08. The highest BCUT2D eigenvalue weighted by Gasteiger charge is 2.06. The molecule has 0 saturated heterocycles. The molecule has 3 rings (SSSR count). The van der Waals surface area contributed by atoms with Gasteiger partial charge in [0, 0.05) is 19.3 Å². The Hall–Kier alpha value is -2.30. The normalized spacial score (nSPS) is 11.2. The van der Waals surface area contributed by atoms with Gasteiger partial charge in [0.2, 0.25) is 0 Å². The molecule has 5 heteroatoms. The maximum Gasteiger partial charge on any atom is 0.145 e. The van der Waals surface area contributed by atoms with Crippen molar-refractivity contribution in [1.82, 2.24) is 19.3 Å². The summed E-state index contributed by atoms with van der Waals surface area (Å²) >= 11 is 0. The van der Waals surface area contributed by atoms with Gasteiger partial charge in [-0.1, -0.05) is 0 Å². The van der Waals surface area contributed by atoms with Crippen LogP contribution in [0.2, 0.25) is 0 Å². The van der Waals surface area contributed by atoms with Crippen molar-refractivity contribution in [1.29, 1.82) is 0 Å². The van der Waals surface area contributed by atoms with E-state index in [1.165, 1.54) is 0 Å². The van der Waals surface area contributed by atoms with Gasteiger partial charge in [-0.05, 0) is 25.1 Å². The van der Waals surface area contributed by atoms with Gasteiger partial charge in [-0.3, -0.25) is 0 Å². The number of nitrogens with two attached hydrogens (primary N) is 1. The summed E-state index contributed by atoms with van der Waals surface area (Å²) in [5, 5.41) is 4.18. The van der Waals surface area contributed by atoms with E-state index in [2.05, 4.69) is 14.6 Å². The lowest BCUT2D eigenvalue weighted by molar-refractivity contribution is 0.883. The summed E-state index contributed by atoms with van der Waals surface area (Å²) in [6.07, 6.45) is 1.84. The van der Waals surface area contributed by atoms with Crippen molar-refractivity contribution in [2.24, 2.45) is 7.05 Å². The number of aryl methyl sites for hydroxylation is 2. The summed E-state index contributed by atoms with van der Waals surface area (Å²) < 4.78 is 3.81. The maximum absolute atomic E-state index is 5.61. The van der Waals surface area contributed by atoms with Crippen LogP contribution in [0.1, 0.15) is 5.82 Å². The fourth-order valence-electron chi connectivity index (χ4n) is 1.93. The molecular weight excluding hydrogens is 214 g/mol. The summed E-state index contributed by atoms with van der Waals surface area (Å²) in [5.74, 6) is 1.51. The zero-order valence-electron chi connectivity index (χ0n) is 9.75. The Morgan fingerprint density at radius 1 is 1.24 bits per heavy atom. The average Bonchev–Trinajstić information content (AvgIpc) is 2.85. The number of rotatable bonds is 1. The molecule has 17 heavy (non-hydrogen) atoms. The van der Waals surface area contributed by atoms with E-state index in [0.29, 0.717) is 5.82 Å². The van der Waals surface area contributed by atoms with Crippen molar-refractivity contribution in [3.63, 3.8) is 0 Å². The SMILES string of the molecule is Cc1nc2cc(-n3ccc(N)n3)ccc2n1C. The van der Waals surface area contributed by atoms with Crippen LogP contribution < -0.4 is 5.73 Å². The van der Waals surface area contributed by atoms with E-state index in [9.17, 15) is 0 Å².